The van der Waals surface area contributed by atoms with Crippen molar-refractivity contribution in [3.63, 3.8) is 0 Å². The topological polar surface area (TPSA) is 87.2 Å². The smallest absolute Gasteiger partial charge is 0.321 e. The van der Waals surface area contributed by atoms with Crippen LogP contribution in [-0.2, 0) is 17.9 Å². The number of likely N-dealkylation sites (tertiary alicyclic amines) is 1. The van der Waals surface area contributed by atoms with Crippen molar-refractivity contribution in [1.29, 1.82) is 0 Å². The molecule has 2 aromatic rings. The van der Waals surface area contributed by atoms with E-state index in [1.165, 1.54) is 11.3 Å². The van der Waals surface area contributed by atoms with Crippen molar-refractivity contribution in [1.82, 2.24) is 20.4 Å². The average molecular weight is 345 g/mol. The van der Waals surface area contributed by atoms with Crippen molar-refractivity contribution < 1.29 is 9.59 Å². The molecule has 0 saturated carbocycles. The Bertz CT molecular complexity index is 746. The van der Waals surface area contributed by atoms with Crippen LogP contribution in [0.15, 0.2) is 24.3 Å². The predicted octanol–water partition coefficient (Wildman–Crippen LogP) is 2.29. The van der Waals surface area contributed by atoms with Gasteiger partial charge in [0.15, 0.2) is 0 Å². The number of benzene rings is 1. The Labute approximate surface area is 144 Å². The fraction of sp³-hybridized carbons (Fsp3) is 0.375. The van der Waals surface area contributed by atoms with Gasteiger partial charge in [-0.2, -0.15) is 0 Å². The standard InChI is InChI=1S/C16H19N5O2S/c1-11-19-20-16(24-11)18-15(23)17-9-12-5-2-3-6-13(12)10-21-8-4-7-14(21)22/h2-3,5-6H,4,7-10H2,1H3,(H2,17,18,20,23). The van der Waals surface area contributed by atoms with Gasteiger partial charge >= 0.3 is 6.03 Å². The first kappa shape index (κ1) is 16.4. The van der Waals surface area contributed by atoms with Crippen LogP contribution in [0.3, 0.4) is 0 Å². The number of hydrogen-bond acceptors (Lipinski definition) is 5. The molecule has 1 aromatic carbocycles. The summed E-state index contributed by atoms with van der Waals surface area (Å²) in [6.07, 6.45) is 1.55. The van der Waals surface area contributed by atoms with Gasteiger partial charge in [0, 0.05) is 26.1 Å². The first-order valence-corrected chi connectivity index (χ1v) is 8.63. The molecule has 3 rings (SSSR count). The number of carbonyl (C=O) groups excluding carboxylic acids is 2. The van der Waals surface area contributed by atoms with Crippen LogP contribution in [0.5, 0.6) is 0 Å². The largest absolute Gasteiger partial charge is 0.338 e. The maximum Gasteiger partial charge on any atom is 0.321 e. The number of carbonyl (C=O) groups is 2. The Balaban J connectivity index is 1.58. The lowest BCUT2D eigenvalue weighted by molar-refractivity contribution is -0.128. The number of anilines is 1. The van der Waals surface area contributed by atoms with Crippen LogP contribution in [0, 0.1) is 6.92 Å². The van der Waals surface area contributed by atoms with E-state index in [0.29, 0.717) is 24.6 Å². The average Bonchev–Trinajstić information content (AvgIpc) is 3.15. The Morgan fingerprint density at radius 2 is 2.08 bits per heavy atom. The van der Waals surface area contributed by atoms with E-state index in [2.05, 4.69) is 20.8 Å². The zero-order valence-corrected chi connectivity index (χ0v) is 14.2. The van der Waals surface area contributed by atoms with Gasteiger partial charge in [-0.25, -0.2) is 4.79 Å². The molecule has 0 radical (unpaired) electrons. The van der Waals surface area contributed by atoms with Gasteiger partial charge in [0.1, 0.15) is 5.01 Å². The third-order valence-corrected chi connectivity index (χ3v) is 4.59. The summed E-state index contributed by atoms with van der Waals surface area (Å²) in [5.41, 5.74) is 2.06. The summed E-state index contributed by atoms with van der Waals surface area (Å²) >= 11 is 1.32. The number of aromatic nitrogens is 2. The Morgan fingerprint density at radius 3 is 2.75 bits per heavy atom. The minimum absolute atomic E-state index is 0.196. The number of nitrogens with one attached hydrogen (secondary N) is 2. The SMILES string of the molecule is Cc1nnc(NC(=O)NCc2ccccc2CN2CCCC2=O)s1. The van der Waals surface area contributed by atoms with E-state index < -0.39 is 0 Å². The summed E-state index contributed by atoms with van der Waals surface area (Å²) in [7, 11) is 0. The molecule has 1 aliphatic heterocycles. The third kappa shape index (κ3) is 4.08. The van der Waals surface area contributed by atoms with E-state index in [1.807, 2.05) is 36.1 Å². The molecule has 0 unspecified atom stereocenters. The lowest BCUT2D eigenvalue weighted by atomic mass is 10.1. The van der Waals surface area contributed by atoms with Crippen LogP contribution < -0.4 is 10.6 Å². The van der Waals surface area contributed by atoms with E-state index in [0.717, 1.165) is 29.1 Å². The van der Waals surface area contributed by atoms with Gasteiger partial charge in [0.25, 0.3) is 0 Å². The molecule has 0 atom stereocenters. The highest BCUT2D eigenvalue weighted by Crippen LogP contribution is 2.17. The quantitative estimate of drug-likeness (QED) is 0.870. The first-order chi connectivity index (χ1) is 11.6. The fourth-order valence-electron chi connectivity index (χ4n) is 2.62. The second-order valence-electron chi connectivity index (χ2n) is 5.62. The highest BCUT2D eigenvalue weighted by Gasteiger charge is 2.20. The highest BCUT2D eigenvalue weighted by molar-refractivity contribution is 7.15. The minimum Gasteiger partial charge on any atom is -0.338 e. The molecule has 126 valence electrons. The van der Waals surface area contributed by atoms with Crippen LogP contribution in [0.25, 0.3) is 0 Å². The van der Waals surface area contributed by atoms with Crippen molar-refractivity contribution in [2.45, 2.75) is 32.9 Å². The van der Waals surface area contributed by atoms with E-state index in [-0.39, 0.29) is 11.9 Å². The zero-order valence-electron chi connectivity index (χ0n) is 13.4. The summed E-state index contributed by atoms with van der Waals surface area (Å²) in [4.78, 5) is 25.6. The van der Waals surface area contributed by atoms with E-state index >= 15 is 0 Å². The number of nitrogens with zero attached hydrogens (tertiary/aromatic N) is 3. The molecular weight excluding hydrogens is 326 g/mol. The Kier molecular flexibility index (Phi) is 5.05. The third-order valence-electron chi connectivity index (χ3n) is 3.84. The molecule has 1 aliphatic rings. The van der Waals surface area contributed by atoms with Crippen molar-refractivity contribution in [2.75, 3.05) is 11.9 Å². The monoisotopic (exact) mass is 345 g/mol. The molecule has 7 nitrogen and oxygen atoms in total. The lowest BCUT2D eigenvalue weighted by Gasteiger charge is -2.18. The van der Waals surface area contributed by atoms with Crippen LogP contribution >= 0.6 is 11.3 Å². The van der Waals surface area contributed by atoms with Crippen molar-refractivity contribution in [3.05, 3.63) is 40.4 Å². The predicted molar refractivity (Wildman–Crippen MR) is 91.6 cm³/mol. The van der Waals surface area contributed by atoms with Gasteiger partial charge in [-0.3, -0.25) is 10.1 Å². The Morgan fingerprint density at radius 1 is 1.29 bits per heavy atom. The molecule has 0 bridgehead atoms. The van der Waals surface area contributed by atoms with Crippen LogP contribution in [0.2, 0.25) is 0 Å². The molecular formula is C16H19N5O2S. The van der Waals surface area contributed by atoms with Crippen molar-refractivity contribution >= 4 is 28.4 Å². The number of hydrogen-bond donors (Lipinski definition) is 2. The highest BCUT2D eigenvalue weighted by atomic mass is 32.1. The molecule has 1 fully saturated rings. The normalized spacial score (nSPS) is 14.0. The first-order valence-electron chi connectivity index (χ1n) is 7.81. The van der Waals surface area contributed by atoms with Gasteiger partial charge in [-0.1, -0.05) is 35.6 Å². The summed E-state index contributed by atoms with van der Waals surface area (Å²) in [6.45, 7) is 3.61. The molecule has 1 aromatic heterocycles. The number of rotatable bonds is 5. The molecule has 0 spiro atoms. The lowest BCUT2D eigenvalue weighted by Crippen LogP contribution is -2.29. The summed E-state index contributed by atoms with van der Waals surface area (Å²) in [5.74, 6) is 0.196. The van der Waals surface area contributed by atoms with E-state index in [4.69, 9.17) is 0 Å². The Hall–Kier alpha value is -2.48. The number of amides is 3. The molecule has 0 aliphatic carbocycles. The maximum atomic E-state index is 12.0. The fourth-order valence-corrected chi connectivity index (χ4v) is 3.21. The van der Waals surface area contributed by atoms with Gasteiger partial charge in [-0.05, 0) is 24.5 Å². The second-order valence-corrected chi connectivity index (χ2v) is 6.80. The molecule has 8 heteroatoms. The van der Waals surface area contributed by atoms with Gasteiger partial charge < -0.3 is 10.2 Å². The van der Waals surface area contributed by atoms with Crippen LogP contribution in [0.1, 0.15) is 29.0 Å². The van der Waals surface area contributed by atoms with Gasteiger partial charge in [0.05, 0.1) is 0 Å². The number of urea groups is 1. The zero-order chi connectivity index (χ0) is 16.9. The van der Waals surface area contributed by atoms with Crippen LogP contribution in [-0.4, -0.2) is 33.6 Å². The summed E-state index contributed by atoms with van der Waals surface area (Å²) in [5, 5.41) is 14.5. The molecule has 3 amide bonds. The maximum absolute atomic E-state index is 12.0. The molecule has 1 saturated heterocycles. The van der Waals surface area contributed by atoms with Gasteiger partial charge in [-0.15, -0.1) is 10.2 Å². The summed E-state index contributed by atoms with van der Waals surface area (Å²) < 4.78 is 0. The molecule has 2 N–H and O–H groups in total. The van der Waals surface area contributed by atoms with Crippen molar-refractivity contribution in [3.8, 4) is 0 Å². The minimum atomic E-state index is -0.321. The van der Waals surface area contributed by atoms with Crippen molar-refractivity contribution in [2.24, 2.45) is 0 Å². The molecule has 24 heavy (non-hydrogen) atoms. The van der Waals surface area contributed by atoms with Gasteiger partial charge in [0.2, 0.25) is 11.0 Å². The number of aryl methyl sites for hydroxylation is 1. The van der Waals surface area contributed by atoms with E-state index in [1.54, 1.807) is 0 Å². The van der Waals surface area contributed by atoms with Crippen LogP contribution in [0.4, 0.5) is 9.93 Å². The molecule has 2 heterocycles. The second kappa shape index (κ2) is 7.39. The summed E-state index contributed by atoms with van der Waals surface area (Å²) in [6, 6.07) is 7.51. The van der Waals surface area contributed by atoms with E-state index in [9.17, 15) is 9.59 Å².